The van der Waals surface area contributed by atoms with Gasteiger partial charge in [-0.3, -0.25) is 9.78 Å². The molecule has 0 aliphatic carbocycles. The van der Waals surface area contributed by atoms with Gasteiger partial charge in [-0.15, -0.1) is 0 Å². The van der Waals surface area contributed by atoms with Gasteiger partial charge < -0.3 is 14.8 Å². The third-order valence-corrected chi connectivity index (χ3v) is 4.82. The van der Waals surface area contributed by atoms with Crippen molar-refractivity contribution < 1.29 is 9.32 Å². The number of nitrogens with one attached hydrogen (secondary N) is 2. The van der Waals surface area contributed by atoms with Crippen molar-refractivity contribution in [2.45, 2.75) is 33.7 Å². The highest BCUT2D eigenvalue weighted by atomic mass is 16.5. The molecule has 1 aromatic carbocycles. The number of hydrogen-bond acceptors (Lipinski definition) is 5. The molecule has 1 atom stereocenters. The molecule has 4 rings (SSSR count). The van der Waals surface area contributed by atoms with Crippen molar-refractivity contribution in [2.75, 3.05) is 0 Å². The second kappa shape index (κ2) is 6.92. The molecule has 7 nitrogen and oxygen atoms in total. The Labute approximate surface area is 162 Å². The van der Waals surface area contributed by atoms with Crippen LogP contribution >= 0.6 is 0 Å². The van der Waals surface area contributed by atoms with E-state index in [9.17, 15) is 4.79 Å². The van der Waals surface area contributed by atoms with Gasteiger partial charge in [0, 0.05) is 28.9 Å². The number of carbonyl (C=O) groups is 1. The lowest BCUT2D eigenvalue weighted by Gasteiger charge is -2.09. The molecular formula is C21H21N5O2. The summed E-state index contributed by atoms with van der Waals surface area (Å²) >= 11 is 0. The van der Waals surface area contributed by atoms with E-state index in [1.807, 2.05) is 26.8 Å². The number of aromatic amines is 1. The fourth-order valence-electron chi connectivity index (χ4n) is 3.36. The van der Waals surface area contributed by atoms with Crippen molar-refractivity contribution >= 4 is 16.8 Å². The number of H-pyrrole nitrogens is 1. The first-order valence-corrected chi connectivity index (χ1v) is 9.08. The molecule has 0 saturated heterocycles. The van der Waals surface area contributed by atoms with E-state index < -0.39 is 6.04 Å². The van der Waals surface area contributed by atoms with Crippen LogP contribution in [0.3, 0.4) is 0 Å². The van der Waals surface area contributed by atoms with Crippen molar-refractivity contribution in [2.24, 2.45) is 0 Å². The molecule has 1 amide bonds. The van der Waals surface area contributed by atoms with Crippen LogP contribution in [0.4, 0.5) is 0 Å². The molecule has 0 radical (unpaired) electrons. The SMILES string of the molecule is Cc1cc(C)c2[nH]c(C(=O)N[C@H](C)c3nc(-c4cccnc4)no3)c(C)c2c1. The number of rotatable bonds is 4. The van der Waals surface area contributed by atoms with Gasteiger partial charge in [-0.05, 0) is 57.0 Å². The molecule has 0 unspecified atom stereocenters. The van der Waals surface area contributed by atoms with Crippen molar-refractivity contribution in [3.63, 3.8) is 0 Å². The lowest BCUT2D eigenvalue weighted by atomic mass is 10.1. The second-order valence-electron chi connectivity index (χ2n) is 7.02. The van der Waals surface area contributed by atoms with Gasteiger partial charge in [0.25, 0.3) is 5.91 Å². The van der Waals surface area contributed by atoms with Gasteiger partial charge in [0.1, 0.15) is 11.7 Å². The standard InChI is InChI=1S/C21H21N5O2/c1-11-8-12(2)17-16(9-11)13(3)18(24-17)20(27)23-14(4)21-25-19(26-28-21)15-6-5-7-22-10-15/h5-10,14,24H,1-4H3,(H,23,27)/t14-/m1/s1. The molecule has 142 valence electrons. The van der Waals surface area contributed by atoms with E-state index in [0.717, 1.165) is 27.6 Å². The number of benzene rings is 1. The first-order chi connectivity index (χ1) is 13.4. The Morgan fingerprint density at radius 3 is 2.82 bits per heavy atom. The molecule has 4 aromatic rings. The van der Waals surface area contributed by atoms with E-state index in [0.29, 0.717) is 17.4 Å². The number of nitrogens with zero attached hydrogens (tertiary/aromatic N) is 3. The van der Waals surface area contributed by atoms with Crippen LogP contribution in [0.25, 0.3) is 22.3 Å². The normalized spacial score (nSPS) is 12.3. The van der Waals surface area contributed by atoms with Crippen LogP contribution in [-0.4, -0.2) is 26.0 Å². The van der Waals surface area contributed by atoms with Crippen molar-refractivity contribution in [3.05, 3.63) is 64.9 Å². The molecule has 7 heteroatoms. The summed E-state index contributed by atoms with van der Waals surface area (Å²) in [5.41, 5.74) is 5.49. The Balaban J connectivity index is 1.57. The molecule has 28 heavy (non-hydrogen) atoms. The van der Waals surface area contributed by atoms with Crippen molar-refractivity contribution in [1.82, 2.24) is 25.4 Å². The van der Waals surface area contributed by atoms with Gasteiger partial charge in [-0.25, -0.2) is 0 Å². The maximum atomic E-state index is 12.8. The Morgan fingerprint density at radius 2 is 2.07 bits per heavy atom. The monoisotopic (exact) mass is 375 g/mol. The van der Waals surface area contributed by atoms with Crippen LogP contribution in [-0.2, 0) is 0 Å². The number of aromatic nitrogens is 4. The highest BCUT2D eigenvalue weighted by Crippen LogP contribution is 2.26. The maximum Gasteiger partial charge on any atom is 0.268 e. The molecule has 0 spiro atoms. The van der Waals surface area contributed by atoms with Crippen LogP contribution in [0, 0.1) is 20.8 Å². The van der Waals surface area contributed by atoms with Gasteiger partial charge in [-0.1, -0.05) is 16.8 Å². The zero-order valence-electron chi connectivity index (χ0n) is 16.2. The summed E-state index contributed by atoms with van der Waals surface area (Å²) in [5.74, 6) is 0.574. The fourth-order valence-corrected chi connectivity index (χ4v) is 3.36. The number of hydrogen-bond donors (Lipinski definition) is 2. The van der Waals surface area contributed by atoms with Gasteiger partial charge in [-0.2, -0.15) is 4.98 Å². The maximum absolute atomic E-state index is 12.8. The fraction of sp³-hybridized carbons (Fsp3) is 0.238. The van der Waals surface area contributed by atoms with E-state index in [1.54, 1.807) is 18.5 Å². The highest BCUT2D eigenvalue weighted by molar-refractivity contribution is 6.01. The molecule has 0 bridgehead atoms. The molecule has 0 saturated carbocycles. The van der Waals surface area contributed by atoms with E-state index in [2.05, 4.69) is 44.5 Å². The van der Waals surface area contributed by atoms with E-state index in [4.69, 9.17) is 4.52 Å². The Bertz CT molecular complexity index is 1160. The third-order valence-electron chi connectivity index (χ3n) is 4.82. The summed E-state index contributed by atoms with van der Waals surface area (Å²) in [6, 6.07) is 7.41. The number of pyridine rings is 1. The average Bonchev–Trinajstić information content (AvgIpc) is 3.29. The van der Waals surface area contributed by atoms with Crippen LogP contribution in [0.1, 0.15) is 46.0 Å². The first-order valence-electron chi connectivity index (χ1n) is 9.08. The molecule has 3 heterocycles. The summed E-state index contributed by atoms with van der Waals surface area (Å²) in [5, 5.41) is 7.97. The highest BCUT2D eigenvalue weighted by Gasteiger charge is 2.21. The number of amides is 1. The Kier molecular flexibility index (Phi) is 4.43. The summed E-state index contributed by atoms with van der Waals surface area (Å²) in [7, 11) is 0. The first kappa shape index (κ1) is 17.9. The van der Waals surface area contributed by atoms with Crippen LogP contribution in [0.5, 0.6) is 0 Å². The topological polar surface area (TPSA) is 96.7 Å². The van der Waals surface area contributed by atoms with Crippen LogP contribution < -0.4 is 5.32 Å². The van der Waals surface area contributed by atoms with Gasteiger partial charge in [0.05, 0.1) is 0 Å². The molecular weight excluding hydrogens is 354 g/mol. The van der Waals surface area contributed by atoms with Gasteiger partial charge in [0.15, 0.2) is 0 Å². The number of fused-ring (bicyclic) bond motifs is 1. The smallest absolute Gasteiger partial charge is 0.268 e. The van der Waals surface area contributed by atoms with Crippen molar-refractivity contribution in [3.8, 4) is 11.4 Å². The Hall–Kier alpha value is -3.48. The third kappa shape index (κ3) is 3.15. The largest absolute Gasteiger partial charge is 0.350 e. The van der Waals surface area contributed by atoms with E-state index >= 15 is 0 Å². The minimum atomic E-state index is -0.431. The van der Waals surface area contributed by atoms with Gasteiger partial charge >= 0.3 is 0 Å². The molecule has 3 aromatic heterocycles. The second-order valence-corrected chi connectivity index (χ2v) is 7.02. The van der Waals surface area contributed by atoms with E-state index in [1.165, 1.54) is 5.56 Å². The predicted octanol–water partition coefficient (Wildman–Crippen LogP) is 4.03. The quantitative estimate of drug-likeness (QED) is 0.561. The minimum Gasteiger partial charge on any atom is -0.350 e. The molecule has 2 N–H and O–H groups in total. The predicted molar refractivity (Wildman–Crippen MR) is 106 cm³/mol. The molecule has 0 aliphatic rings. The summed E-state index contributed by atoms with van der Waals surface area (Å²) < 4.78 is 5.33. The van der Waals surface area contributed by atoms with Crippen LogP contribution in [0.15, 0.2) is 41.2 Å². The lowest BCUT2D eigenvalue weighted by molar-refractivity contribution is 0.0927. The van der Waals surface area contributed by atoms with E-state index in [-0.39, 0.29) is 5.91 Å². The summed E-state index contributed by atoms with van der Waals surface area (Å²) in [6.45, 7) is 7.85. The summed E-state index contributed by atoms with van der Waals surface area (Å²) in [4.78, 5) is 24.5. The molecule has 0 fully saturated rings. The van der Waals surface area contributed by atoms with Crippen LogP contribution in [0.2, 0.25) is 0 Å². The molecule has 0 aliphatic heterocycles. The number of aryl methyl sites for hydroxylation is 3. The zero-order valence-corrected chi connectivity index (χ0v) is 16.2. The number of carbonyl (C=O) groups excluding carboxylic acids is 1. The zero-order chi connectivity index (χ0) is 19.8. The average molecular weight is 375 g/mol. The van der Waals surface area contributed by atoms with Gasteiger partial charge in [0.2, 0.25) is 11.7 Å². The summed E-state index contributed by atoms with van der Waals surface area (Å²) in [6.07, 6.45) is 3.34. The minimum absolute atomic E-state index is 0.209. The lowest BCUT2D eigenvalue weighted by Crippen LogP contribution is -2.27. The van der Waals surface area contributed by atoms with Crippen molar-refractivity contribution in [1.29, 1.82) is 0 Å². The Morgan fingerprint density at radius 1 is 1.25 bits per heavy atom.